The van der Waals surface area contributed by atoms with Crippen LogP contribution < -0.4 is 4.90 Å². The molecule has 2 heterocycles. The molecule has 1 aromatic heterocycles. The van der Waals surface area contributed by atoms with Gasteiger partial charge in [0.2, 0.25) is 5.95 Å². The van der Waals surface area contributed by atoms with Crippen molar-refractivity contribution in [2.45, 2.75) is 32.6 Å². The van der Waals surface area contributed by atoms with Crippen LogP contribution >= 0.6 is 11.6 Å². The third-order valence-electron chi connectivity index (χ3n) is 5.73. The fourth-order valence-electron chi connectivity index (χ4n) is 4.17. The molecule has 0 N–H and O–H groups in total. The average Bonchev–Trinajstić information content (AvgIpc) is 2.74. The number of Topliss-reactive ketones (excluding diaryl/α,β-unsaturated/α-hetero) is 1. The van der Waals surface area contributed by atoms with Crippen molar-refractivity contribution >= 4 is 29.4 Å². The number of halogens is 1. The quantitative estimate of drug-likeness (QED) is 0.743. The molecule has 1 aliphatic heterocycles. The summed E-state index contributed by atoms with van der Waals surface area (Å²) in [5.74, 6) is 0.803. The molecule has 1 atom stereocenters. The van der Waals surface area contributed by atoms with E-state index in [0.29, 0.717) is 62.2 Å². The molecule has 30 heavy (non-hydrogen) atoms. The molecule has 0 bridgehead atoms. The van der Waals surface area contributed by atoms with E-state index in [1.54, 1.807) is 11.8 Å². The first kappa shape index (κ1) is 20.6. The summed E-state index contributed by atoms with van der Waals surface area (Å²) >= 11 is 6.01. The van der Waals surface area contributed by atoms with Crippen LogP contribution in [-0.4, -0.2) is 59.5 Å². The molecule has 1 unspecified atom stereocenters. The molecule has 4 rings (SSSR count). The number of rotatable bonds is 3. The van der Waals surface area contributed by atoms with Gasteiger partial charge in [-0.2, -0.15) is 0 Å². The van der Waals surface area contributed by atoms with E-state index in [2.05, 4.69) is 9.88 Å². The van der Waals surface area contributed by atoms with Gasteiger partial charge in [0.05, 0.1) is 23.6 Å². The second-order valence-corrected chi connectivity index (χ2v) is 8.12. The number of nitrogens with zero attached hydrogens (tertiary/aromatic N) is 4. The fourth-order valence-corrected chi connectivity index (χ4v) is 4.30. The summed E-state index contributed by atoms with van der Waals surface area (Å²) in [6, 6.07) is 7.68. The zero-order valence-electron chi connectivity index (χ0n) is 17.2. The summed E-state index contributed by atoms with van der Waals surface area (Å²) in [5.41, 5.74) is 3.29. The Hall–Kier alpha value is -2.67. The normalized spacial score (nSPS) is 18.9. The number of aromatic nitrogens is 2. The largest absolute Gasteiger partial charge is 0.450 e. The Labute approximate surface area is 181 Å². The summed E-state index contributed by atoms with van der Waals surface area (Å²) in [7, 11) is 0. The molecular weight excluding hydrogens is 404 g/mol. The van der Waals surface area contributed by atoms with Crippen molar-refractivity contribution in [2.75, 3.05) is 37.7 Å². The topological polar surface area (TPSA) is 75.6 Å². The lowest BCUT2D eigenvalue weighted by Crippen LogP contribution is -2.49. The molecule has 0 spiro atoms. The number of carbonyl (C=O) groups excluding carboxylic acids is 2. The van der Waals surface area contributed by atoms with Gasteiger partial charge in [0, 0.05) is 37.6 Å². The molecule has 1 saturated heterocycles. The summed E-state index contributed by atoms with van der Waals surface area (Å²) in [6.45, 7) is 6.43. The SMILES string of the molecule is CCOC(=O)N1CCN(c2nc(C)c3c(n2)CC(c2ccc(Cl)cc2)CC3=O)CC1. The standard InChI is InChI=1S/C22H25ClN4O3/c1-3-30-22(29)27-10-8-26(9-11-27)21-24-14(2)20-18(25-21)12-16(13-19(20)28)15-4-6-17(23)7-5-15/h4-7,16H,3,8-13H2,1-2H3. The third-order valence-corrected chi connectivity index (χ3v) is 5.99. The van der Waals surface area contributed by atoms with E-state index in [1.807, 2.05) is 31.2 Å². The molecule has 1 aromatic carbocycles. The lowest BCUT2D eigenvalue weighted by atomic mass is 9.81. The Balaban J connectivity index is 1.54. The number of aryl methyl sites for hydroxylation is 1. The number of carbonyl (C=O) groups is 2. The minimum Gasteiger partial charge on any atom is -0.450 e. The third kappa shape index (κ3) is 4.12. The van der Waals surface area contributed by atoms with E-state index in [-0.39, 0.29) is 17.8 Å². The number of anilines is 1. The molecule has 0 saturated carbocycles. The molecule has 2 aliphatic rings. The van der Waals surface area contributed by atoms with Crippen molar-refractivity contribution in [1.82, 2.24) is 14.9 Å². The first-order valence-electron chi connectivity index (χ1n) is 10.3. The highest BCUT2D eigenvalue weighted by Crippen LogP contribution is 2.34. The molecule has 2 aromatic rings. The number of fused-ring (bicyclic) bond motifs is 1. The van der Waals surface area contributed by atoms with Crippen LogP contribution in [0.2, 0.25) is 5.02 Å². The number of amides is 1. The van der Waals surface area contributed by atoms with Gasteiger partial charge in [-0.3, -0.25) is 4.79 Å². The molecule has 7 nitrogen and oxygen atoms in total. The van der Waals surface area contributed by atoms with E-state index >= 15 is 0 Å². The fraction of sp³-hybridized carbons (Fsp3) is 0.455. The Bertz CT molecular complexity index is 956. The van der Waals surface area contributed by atoms with Crippen molar-refractivity contribution < 1.29 is 14.3 Å². The summed E-state index contributed by atoms with van der Waals surface area (Å²) in [4.78, 5) is 37.9. The summed E-state index contributed by atoms with van der Waals surface area (Å²) in [5, 5.41) is 0.684. The molecular formula is C22H25ClN4O3. The van der Waals surface area contributed by atoms with Crippen molar-refractivity contribution in [3.05, 3.63) is 51.8 Å². The van der Waals surface area contributed by atoms with Gasteiger partial charge in [-0.25, -0.2) is 14.8 Å². The molecule has 1 amide bonds. The van der Waals surface area contributed by atoms with Crippen LogP contribution in [0, 0.1) is 6.92 Å². The van der Waals surface area contributed by atoms with E-state index in [9.17, 15) is 9.59 Å². The Kier molecular flexibility index (Phi) is 5.90. The van der Waals surface area contributed by atoms with Gasteiger partial charge >= 0.3 is 6.09 Å². The molecule has 1 fully saturated rings. The van der Waals surface area contributed by atoms with E-state index in [0.717, 1.165) is 17.0 Å². The highest BCUT2D eigenvalue weighted by Gasteiger charge is 2.31. The Morgan fingerprint density at radius 3 is 2.50 bits per heavy atom. The number of piperazine rings is 1. The van der Waals surface area contributed by atoms with Gasteiger partial charge in [-0.15, -0.1) is 0 Å². The predicted octanol–water partition coefficient (Wildman–Crippen LogP) is 3.63. The number of hydrogen-bond donors (Lipinski definition) is 0. The van der Waals surface area contributed by atoms with Crippen LogP contribution in [0.15, 0.2) is 24.3 Å². The zero-order chi connectivity index (χ0) is 21.3. The maximum atomic E-state index is 12.8. The maximum absolute atomic E-state index is 12.8. The van der Waals surface area contributed by atoms with Crippen LogP contribution in [0.3, 0.4) is 0 Å². The van der Waals surface area contributed by atoms with Crippen molar-refractivity contribution in [2.24, 2.45) is 0 Å². The Morgan fingerprint density at radius 2 is 1.83 bits per heavy atom. The molecule has 1 aliphatic carbocycles. The van der Waals surface area contributed by atoms with Crippen LogP contribution in [0.25, 0.3) is 0 Å². The second-order valence-electron chi connectivity index (χ2n) is 7.68. The van der Waals surface area contributed by atoms with Crippen LogP contribution in [-0.2, 0) is 11.2 Å². The number of ketones is 1. The molecule has 8 heteroatoms. The first-order valence-corrected chi connectivity index (χ1v) is 10.7. The summed E-state index contributed by atoms with van der Waals surface area (Å²) < 4.78 is 5.08. The average molecular weight is 429 g/mol. The monoisotopic (exact) mass is 428 g/mol. The first-order chi connectivity index (χ1) is 14.5. The maximum Gasteiger partial charge on any atom is 0.409 e. The summed E-state index contributed by atoms with van der Waals surface area (Å²) in [6.07, 6.45) is 0.870. The highest BCUT2D eigenvalue weighted by molar-refractivity contribution is 6.30. The van der Waals surface area contributed by atoms with E-state index in [4.69, 9.17) is 21.3 Å². The van der Waals surface area contributed by atoms with Gasteiger partial charge in [0.1, 0.15) is 0 Å². The van der Waals surface area contributed by atoms with Crippen molar-refractivity contribution in [3.63, 3.8) is 0 Å². The van der Waals surface area contributed by atoms with Crippen molar-refractivity contribution in [1.29, 1.82) is 0 Å². The number of ether oxygens (including phenoxy) is 1. The van der Waals surface area contributed by atoms with E-state index < -0.39 is 0 Å². The van der Waals surface area contributed by atoms with Gasteiger partial charge < -0.3 is 14.5 Å². The van der Waals surface area contributed by atoms with Gasteiger partial charge in [-0.1, -0.05) is 23.7 Å². The number of hydrogen-bond acceptors (Lipinski definition) is 6. The minimum atomic E-state index is -0.281. The van der Waals surface area contributed by atoms with Crippen LogP contribution in [0.1, 0.15) is 46.6 Å². The van der Waals surface area contributed by atoms with Crippen LogP contribution in [0.4, 0.5) is 10.7 Å². The lowest BCUT2D eigenvalue weighted by Gasteiger charge is -2.34. The lowest BCUT2D eigenvalue weighted by molar-refractivity contribution is 0.0960. The molecule has 158 valence electrons. The van der Waals surface area contributed by atoms with Gasteiger partial charge in [0.15, 0.2) is 5.78 Å². The second kappa shape index (κ2) is 8.60. The van der Waals surface area contributed by atoms with Crippen molar-refractivity contribution in [3.8, 4) is 0 Å². The predicted molar refractivity (Wildman–Crippen MR) is 114 cm³/mol. The minimum absolute atomic E-state index is 0.0880. The zero-order valence-corrected chi connectivity index (χ0v) is 18.0. The van der Waals surface area contributed by atoms with E-state index in [1.165, 1.54) is 0 Å². The molecule has 0 radical (unpaired) electrons. The van der Waals surface area contributed by atoms with Gasteiger partial charge in [0.25, 0.3) is 0 Å². The Morgan fingerprint density at radius 1 is 1.13 bits per heavy atom. The smallest absolute Gasteiger partial charge is 0.409 e. The van der Waals surface area contributed by atoms with Crippen LogP contribution in [0.5, 0.6) is 0 Å². The van der Waals surface area contributed by atoms with Gasteiger partial charge in [-0.05, 0) is 43.9 Å². The highest BCUT2D eigenvalue weighted by atomic mass is 35.5. The number of benzene rings is 1.